The smallest absolute Gasteiger partial charge is 0.335 e. The minimum atomic E-state index is -4.35. The van der Waals surface area contributed by atoms with Crippen LogP contribution in [0.2, 0.25) is 0 Å². The van der Waals surface area contributed by atoms with Crippen LogP contribution in [0.4, 0.5) is 13.2 Å². The Morgan fingerprint density at radius 2 is 1.68 bits per heavy atom. The highest BCUT2D eigenvalue weighted by Gasteiger charge is 2.32. The number of aromatic nitrogens is 2. The van der Waals surface area contributed by atoms with Gasteiger partial charge in [0.25, 0.3) is 0 Å². The van der Waals surface area contributed by atoms with Crippen LogP contribution < -0.4 is 0 Å². The Morgan fingerprint density at radius 1 is 1.00 bits per heavy atom. The molecule has 0 spiro atoms. The second-order valence-corrected chi connectivity index (χ2v) is 9.22. The summed E-state index contributed by atoms with van der Waals surface area (Å²) in [6.45, 7) is 5.10. The average Bonchev–Trinajstić information content (AvgIpc) is 3.19. The van der Waals surface area contributed by atoms with Gasteiger partial charge in [0.05, 0.1) is 23.4 Å². The van der Waals surface area contributed by atoms with Crippen LogP contribution in [0.5, 0.6) is 0 Å². The third-order valence-corrected chi connectivity index (χ3v) is 6.95. The van der Waals surface area contributed by atoms with Gasteiger partial charge in [0.2, 0.25) is 5.91 Å². The van der Waals surface area contributed by atoms with E-state index < -0.39 is 11.7 Å². The number of benzene rings is 2. The number of nitrogens with zero attached hydrogens (tertiary/aromatic N) is 4. The number of amides is 1. The molecule has 1 fully saturated rings. The molecule has 1 amide bonds. The molecular formula is C26H27F3N4O. The number of carbonyl (C=O) groups excluding carboxylic acids is 1. The Hall–Kier alpha value is -3.13. The van der Waals surface area contributed by atoms with Gasteiger partial charge in [-0.05, 0) is 60.7 Å². The molecule has 178 valence electrons. The Kier molecular flexibility index (Phi) is 5.93. The molecule has 0 radical (unpaired) electrons. The summed E-state index contributed by atoms with van der Waals surface area (Å²) in [5.41, 5.74) is 4.24. The van der Waals surface area contributed by atoms with Crippen molar-refractivity contribution in [1.29, 1.82) is 0 Å². The van der Waals surface area contributed by atoms with Crippen LogP contribution in [0.15, 0.2) is 54.7 Å². The number of hydrogen-bond donors (Lipinski definition) is 0. The first-order chi connectivity index (χ1) is 16.3. The van der Waals surface area contributed by atoms with E-state index in [-0.39, 0.29) is 11.9 Å². The van der Waals surface area contributed by atoms with E-state index in [1.54, 1.807) is 4.68 Å². The summed E-state index contributed by atoms with van der Waals surface area (Å²) in [5, 5.41) is 4.64. The van der Waals surface area contributed by atoms with Crippen molar-refractivity contribution in [3.05, 3.63) is 82.7 Å². The van der Waals surface area contributed by atoms with Crippen LogP contribution in [0.1, 0.15) is 40.8 Å². The zero-order valence-electron chi connectivity index (χ0n) is 19.1. The second-order valence-electron chi connectivity index (χ2n) is 9.22. The number of carbonyl (C=O) groups is 1. The lowest BCUT2D eigenvalue weighted by atomic mass is 9.95. The van der Waals surface area contributed by atoms with Crippen LogP contribution in [0, 0.1) is 6.92 Å². The second kappa shape index (κ2) is 8.91. The van der Waals surface area contributed by atoms with E-state index in [1.165, 1.54) is 17.7 Å². The fourth-order valence-electron chi connectivity index (χ4n) is 4.94. The molecule has 0 N–H and O–H groups in total. The van der Waals surface area contributed by atoms with E-state index in [9.17, 15) is 18.0 Å². The molecule has 34 heavy (non-hydrogen) atoms. The lowest BCUT2D eigenvalue weighted by molar-refractivity contribution is -0.137. The van der Waals surface area contributed by atoms with Gasteiger partial charge in [-0.25, -0.2) is 4.68 Å². The van der Waals surface area contributed by atoms with E-state index in [4.69, 9.17) is 0 Å². The number of alkyl halides is 3. The zero-order chi connectivity index (χ0) is 23.9. The number of likely N-dealkylation sites (tertiary alicyclic amines) is 1. The highest BCUT2D eigenvalue weighted by atomic mass is 19.4. The molecule has 1 aromatic heterocycles. The van der Waals surface area contributed by atoms with Gasteiger partial charge >= 0.3 is 6.18 Å². The van der Waals surface area contributed by atoms with Crippen LogP contribution in [-0.4, -0.2) is 44.6 Å². The van der Waals surface area contributed by atoms with E-state index in [0.29, 0.717) is 25.2 Å². The first-order valence-electron chi connectivity index (χ1n) is 11.6. The highest BCUT2D eigenvalue weighted by molar-refractivity contribution is 5.81. The van der Waals surface area contributed by atoms with Gasteiger partial charge in [0, 0.05) is 38.4 Å². The van der Waals surface area contributed by atoms with Crippen molar-refractivity contribution in [3.63, 3.8) is 0 Å². The number of hydrogen-bond acceptors (Lipinski definition) is 3. The molecule has 0 unspecified atom stereocenters. The Morgan fingerprint density at radius 3 is 2.35 bits per heavy atom. The maximum atomic E-state index is 12.8. The van der Waals surface area contributed by atoms with Gasteiger partial charge in [-0.15, -0.1) is 0 Å². The maximum Gasteiger partial charge on any atom is 0.416 e. The molecule has 8 heteroatoms. The molecule has 0 atom stereocenters. The third-order valence-electron chi connectivity index (χ3n) is 6.95. The predicted molar refractivity (Wildman–Crippen MR) is 122 cm³/mol. The van der Waals surface area contributed by atoms with Gasteiger partial charge in [-0.1, -0.05) is 24.3 Å². The van der Waals surface area contributed by atoms with Crippen LogP contribution in [0.3, 0.4) is 0 Å². The standard InChI is InChI=1S/C26H27F3N4O/c1-18-15-33(23-8-6-21(7-9-23)26(27,28)29)30-24(18)17-31-12-10-22(11-13-31)32-16-20-5-3-2-4-19(20)14-25(32)34/h2-9,15,22H,10-14,16-17H2,1H3. The summed E-state index contributed by atoms with van der Waals surface area (Å²) < 4.78 is 40.1. The van der Waals surface area contributed by atoms with Gasteiger partial charge in [-0.2, -0.15) is 18.3 Å². The molecule has 2 aliphatic heterocycles. The number of rotatable bonds is 4. The third kappa shape index (κ3) is 4.59. The summed E-state index contributed by atoms with van der Waals surface area (Å²) in [4.78, 5) is 17.1. The van der Waals surface area contributed by atoms with Gasteiger partial charge < -0.3 is 4.90 Å². The molecule has 0 saturated carbocycles. The van der Waals surface area contributed by atoms with E-state index in [0.717, 1.165) is 54.9 Å². The lowest BCUT2D eigenvalue weighted by Gasteiger charge is -2.40. The van der Waals surface area contributed by atoms with Crippen molar-refractivity contribution in [2.45, 2.75) is 51.5 Å². The molecule has 1 saturated heterocycles. The fraction of sp³-hybridized carbons (Fsp3) is 0.385. The fourth-order valence-corrected chi connectivity index (χ4v) is 4.94. The van der Waals surface area contributed by atoms with Gasteiger partial charge in [0.1, 0.15) is 0 Å². The van der Waals surface area contributed by atoms with Crippen molar-refractivity contribution in [2.75, 3.05) is 13.1 Å². The number of piperidine rings is 1. The Bertz CT molecular complexity index is 1180. The quantitative estimate of drug-likeness (QED) is 0.555. The van der Waals surface area contributed by atoms with Crippen LogP contribution in [0.25, 0.3) is 5.69 Å². The lowest BCUT2D eigenvalue weighted by Crippen LogP contribution is -2.48. The molecule has 0 aliphatic carbocycles. The molecule has 5 rings (SSSR count). The summed E-state index contributed by atoms with van der Waals surface area (Å²) in [6.07, 6.45) is -0.164. The Labute approximate surface area is 196 Å². The highest BCUT2D eigenvalue weighted by Crippen LogP contribution is 2.30. The van der Waals surface area contributed by atoms with Gasteiger partial charge in [-0.3, -0.25) is 9.69 Å². The average molecular weight is 469 g/mol. The number of aryl methyl sites for hydroxylation is 1. The first-order valence-corrected chi connectivity index (χ1v) is 11.6. The SMILES string of the molecule is Cc1cn(-c2ccc(C(F)(F)F)cc2)nc1CN1CCC(N2Cc3ccccc3CC2=O)CC1. The van der Waals surface area contributed by atoms with Crippen molar-refractivity contribution in [3.8, 4) is 5.69 Å². The number of halogens is 3. The molecule has 2 aliphatic rings. The van der Waals surface area contributed by atoms with E-state index >= 15 is 0 Å². The monoisotopic (exact) mass is 468 g/mol. The summed E-state index contributed by atoms with van der Waals surface area (Å²) in [5.74, 6) is 0.211. The minimum Gasteiger partial charge on any atom is -0.335 e. The molecule has 0 bridgehead atoms. The summed E-state index contributed by atoms with van der Waals surface area (Å²) >= 11 is 0. The van der Waals surface area contributed by atoms with Crippen molar-refractivity contribution < 1.29 is 18.0 Å². The minimum absolute atomic E-state index is 0.211. The molecular weight excluding hydrogens is 441 g/mol. The zero-order valence-corrected chi connectivity index (χ0v) is 19.1. The molecule has 3 aromatic rings. The van der Waals surface area contributed by atoms with E-state index in [2.05, 4.69) is 16.1 Å². The van der Waals surface area contributed by atoms with Crippen molar-refractivity contribution in [1.82, 2.24) is 19.6 Å². The predicted octanol–water partition coefficient (Wildman–Crippen LogP) is 4.75. The van der Waals surface area contributed by atoms with E-state index in [1.807, 2.05) is 36.2 Å². The Balaban J connectivity index is 1.20. The van der Waals surface area contributed by atoms with Crippen molar-refractivity contribution in [2.24, 2.45) is 0 Å². The molecule has 5 nitrogen and oxygen atoms in total. The van der Waals surface area contributed by atoms with Gasteiger partial charge in [0.15, 0.2) is 0 Å². The van der Waals surface area contributed by atoms with Crippen LogP contribution in [-0.2, 0) is 30.5 Å². The summed E-state index contributed by atoms with van der Waals surface area (Å²) in [7, 11) is 0. The molecule has 2 aromatic carbocycles. The first kappa shape index (κ1) is 22.7. The topological polar surface area (TPSA) is 41.4 Å². The van der Waals surface area contributed by atoms with Crippen LogP contribution >= 0.6 is 0 Å². The number of fused-ring (bicyclic) bond motifs is 1. The maximum absolute atomic E-state index is 12.8. The van der Waals surface area contributed by atoms with Crippen molar-refractivity contribution >= 4 is 5.91 Å². The normalized spacial score (nSPS) is 17.8. The summed E-state index contributed by atoms with van der Waals surface area (Å²) in [6, 6.07) is 13.5. The molecule has 3 heterocycles. The largest absolute Gasteiger partial charge is 0.416 e.